The molecule has 0 saturated carbocycles. The quantitative estimate of drug-likeness (QED) is 0.258. The first-order valence-corrected chi connectivity index (χ1v) is 5.67. The Hall–Kier alpha value is -2.20. The van der Waals surface area contributed by atoms with Crippen molar-refractivity contribution in [2.24, 2.45) is 5.73 Å². The molecular weight excluding hydrogens is 274 g/mol. The standard InChI is InChI=1S/C10H17N3O7/c11-3-7(15)12-6(4-14)9(18)13-5(10(19)20)1-2-8(16)17/h5-6,14H,1-4,11H2,(H,12,15)(H,13,18)(H,16,17)(H,19,20)/t5-,6-/m0/s1. The number of hydrogen-bond donors (Lipinski definition) is 6. The molecule has 2 atom stereocenters. The number of rotatable bonds is 9. The van der Waals surface area contributed by atoms with E-state index in [1.165, 1.54) is 0 Å². The molecule has 10 nitrogen and oxygen atoms in total. The molecule has 2 amide bonds. The van der Waals surface area contributed by atoms with E-state index in [0.29, 0.717) is 0 Å². The lowest BCUT2D eigenvalue weighted by atomic mass is 10.1. The molecule has 0 aromatic rings. The third-order valence-electron chi connectivity index (χ3n) is 2.28. The van der Waals surface area contributed by atoms with Crippen molar-refractivity contribution in [2.45, 2.75) is 24.9 Å². The molecule has 0 aromatic carbocycles. The molecule has 0 spiro atoms. The minimum absolute atomic E-state index is 0.320. The Morgan fingerprint density at radius 3 is 2.05 bits per heavy atom. The van der Waals surface area contributed by atoms with Gasteiger partial charge in [0.2, 0.25) is 11.8 Å². The van der Waals surface area contributed by atoms with E-state index in [9.17, 15) is 19.2 Å². The molecule has 0 heterocycles. The lowest BCUT2D eigenvalue weighted by Crippen LogP contribution is -2.54. The molecule has 0 unspecified atom stereocenters. The van der Waals surface area contributed by atoms with Crippen molar-refractivity contribution in [3.05, 3.63) is 0 Å². The predicted octanol–water partition coefficient (Wildman–Crippen LogP) is -3.14. The topological polar surface area (TPSA) is 179 Å². The molecule has 0 fully saturated rings. The summed E-state index contributed by atoms with van der Waals surface area (Å²) in [6, 6.07) is -2.78. The van der Waals surface area contributed by atoms with Crippen molar-refractivity contribution < 1.29 is 34.5 Å². The fourth-order valence-electron chi connectivity index (χ4n) is 1.24. The van der Waals surface area contributed by atoms with Crippen LogP contribution >= 0.6 is 0 Å². The van der Waals surface area contributed by atoms with Gasteiger partial charge in [0.15, 0.2) is 0 Å². The van der Waals surface area contributed by atoms with E-state index in [1.54, 1.807) is 0 Å². The van der Waals surface area contributed by atoms with Gasteiger partial charge in [-0.25, -0.2) is 4.79 Å². The van der Waals surface area contributed by atoms with Crippen LogP contribution in [0.4, 0.5) is 0 Å². The first-order chi connectivity index (χ1) is 9.31. The Morgan fingerprint density at radius 1 is 1.05 bits per heavy atom. The number of nitrogens with two attached hydrogens (primary N) is 1. The normalized spacial score (nSPS) is 13.1. The van der Waals surface area contributed by atoms with E-state index in [1.807, 2.05) is 5.32 Å². The van der Waals surface area contributed by atoms with Crippen LogP contribution in [0.1, 0.15) is 12.8 Å². The van der Waals surface area contributed by atoms with Crippen LogP contribution in [0.5, 0.6) is 0 Å². The van der Waals surface area contributed by atoms with Gasteiger partial charge in [-0.05, 0) is 6.42 Å². The van der Waals surface area contributed by atoms with Crippen LogP contribution in [0, 0.1) is 0 Å². The number of carbonyl (C=O) groups excluding carboxylic acids is 2. The van der Waals surface area contributed by atoms with Crippen molar-refractivity contribution in [1.82, 2.24) is 10.6 Å². The van der Waals surface area contributed by atoms with Crippen molar-refractivity contribution >= 4 is 23.8 Å². The number of carbonyl (C=O) groups is 4. The highest BCUT2D eigenvalue weighted by atomic mass is 16.4. The van der Waals surface area contributed by atoms with Gasteiger partial charge < -0.3 is 31.7 Å². The third kappa shape index (κ3) is 6.66. The van der Waals surface area contributed by atoms with Gasteiger partial charge in [0.1, 0.15) is 12.1 Å². The van der Waals surface area contributed by atoms with Crippen LogP contribution in [0.15, 0.2) is 0 Å². The highest BCUT2D eigenvalue weighted by Crippen LogP contribution is 1.99. The maximum absolute atomic E-state index is 11.6. The second-order valence-corrected chi connectivity index (χ2v) is 3.84. The SMILES string of the molecule is NCC(=O)N[C@@H](CO)C(=O)N[C@@H](CCC(=O)O)C(=O)O. The zero-order chi connectivity index (χ0) is 15.7. The Kier molecular flexibility index (Phi) is 7.85. The zero-order valence-corrected chi connectivity index (χ0v) is 10.5. The van der Waals surface area contributed by atoms with Gasteiger partial charge in [-0.15, -0.1) is 0 Å². The minimum atomic E-state index is -1.43. The van der Waals surface area contributed by atoms with E-state index in [4.69, 9.17) is 21.1 Å². The van der Waals surface area contributed by atoms with Crippen LogP contribution < -0.4 is 16.4 Å². The molecule has 20 heavy (non-hydrogen) atoms. The van der Waals surface area contributed by atoms with Gasteiger partial charge in [0.05, 0.1) is 13.2 Å². The monoisotopic (exact) mass is 291 g/mol. The van der Waals surface area contributed by atoms with Gasteiger partial charge in [0, 0.05) is 6.42 Å². The Balaban J connectivity index is 4.59. The molecule has 0 aromatic heterocycles. The molecule has 0 radical (unpaired) electrons. The average molecular weight is 291 g/mol. The predicted molar refractivity (Wildman–Crippen MR) is 64.5 cm³/mol. The Labute approximate surface area is 113 Å². The summed E-state index contributed by atoms with van der Waals surface area (Å²) in [7, 11) is 0. The summed E-state index contributed by atoms with van der Waals surface area (Å²) in [5.74, 6) is -4.26. The molecule has 114 valence electrons. The number of aliphatic carboxylic acids is 2. The van der Waals surface area contributed by atoms with Gasteiger partial charge in [-0.3, -0.25) is 14.4 Å². The summed E-state index contributed by atoms with van der Waals surface area (Å²) in [6.07, 6.45) is -0.768. The van der Waals surface area contributed by atoms with Crippen LogP contribution in [0.25, 0.3) is 0 Å². The van der Waals surface area contributed by atoms with E-state index in [-0.39, 0.29) is 6.42 Å². The van der Waals surface area contributed by atoms with E-state index in [0.717, 1.165) is 0 Å². The van der Waals surface area contributed by atoms with Gasteiger partial charge in [0.25, 0.3) is 0 Å². The molecule has 0 aliphatic heterocycles. The van der Waals surface area contributed by atoms with E-state index >= 15 is 0 Å². The highest BCUT2D eigenvalue weighted by Gasteiger charge is 2.26. The van der Waals surface area contributed by atoms with E-state index in [2.05, 4.69) is 5.32 Å². The van der Waals surface area contributed by atoms with Crippen LogP contribution in [-0.2, 0) is 19.2 Å². The number of carboxylic acid groups (broad SMARTS) is 2. The highest BCUT2D eigenvalue weighted by molar-refractivity contribution is 5.91. The summed E-state index contributed by atoms with van der Waals surface area (Å²) in [4.78, 5) is 43.9. The Bertz CT molecular complexity index is 385. The van der Waals surface area contributed by atoms with Gasteiger partial charge in [-0.2, -0.15) is 0 Å². The molecule has 0 bridgehead atoms. The fourth-order valence-corrected chi connectivity index (χ4v) is 1.24. The van der Waals surface area contributed by atoms with Crippen LogP contribution in [0.3, 0.4) is 0 Å². The van der Waals surface area contributed by atoms with Gasteiger partial charge in [-0.1, -0.05) is 0 Å². The summed E-state index contributed by atoms with van der Waals surface area (Å²) in [6.45, 7) is -1.14. The second-order valence-electron chi connectivity index (χ2n) is 3.84. The maximum Gasteiger partial charge on any atom is 0.326 e. The van der Waals surface area contributed by atoms with Crippen molar-refractivity contribution in [3.63, 3.8) is 0 Å². The summed E-state index contributed by atoms with van der Waals surface area (Å²) in [5, 5.41) is 30.4. The Morgan fingerprint density at radius 2 is 1.65 bits per heavy atom. The van der Waals surface area contributed by atoms with Gasteiger partial charge >= 0.3 is 11.9 Å². The van der Waals surface area contributed by atoms with Crippen LogP contribution in [0.2, 0.25) is 0 Å². The largest absolute Gasteiger partial charge is 0.481 e. The molecule has 0 aliphatic carbocycles. The first-order valence-electron chi connectivity index (χ1n) is 5.67. The summed E-state index contributed by atoms with van der Waals surface area (Å²) in [5.41, 5.74) is 5.02. The van der Waals surface area contributed by atoms with Crippen LogP contribution in [-0.4, -0.2) is 64.3 Å². The summed E-state index contributed by atoms with van der Waals surface area (Å²) < 4.78 is 0. The number of carboxylic acids is 2. The number of aliphatic hydroxyl groups is 1. The molecule has 0 rings (SSSR count). The summed E-state index contributed by atoms with van der Waals surface area (Å²) >= 11 is 0. The lowest BCUT2D eigenvalue weighted by Gasteiger charge is -2.19. The number of hydrogen-bond acceptors (Lipinski definition) is 6. The zero-order valence-electron chi connectivity index (χ0n) is 10.5. The lowest BCUT2D eigenvalue weighted by molar-refractivity contribution is -0.143. The molecule has 0 saturated heterocycles. The van der Waals surface area contributed by atoms with Crippen molar-refractivity contribution in [2.75, 3.05) is 13.2 Å². The number of aliphatic hydroxyl groups excluding tert-OH is 1. The minimum Gasteiger partial charge on any atom is -0.481 e. The molecular formula is C10H17N3O7. The maximum atomic E-state index is 11.6. The third-order valence-corrected chi connectivity index (χ3v) is 2.28. The molecule has 7 N–H and O–H groups in total. The van der Waals surface area contributed by atoms with E-state index < -0.39 is 55.4 Å². The second kappa shape index (κ2) is 8.82. The molecule has 0 aliphatic rings. The number of amides is 2. The number of nitrogens with one attached hydrogen (secondary N) is 2. The first kappa shape index (κ1) is 17.8. The molecule has 10 heteroatoms. The van der Waals surface area contributed by atoms with Crippen molar-refractivity contribution in [3.8, 4) is 0 Å². The van der Waals surface area contributed by atoms with Crippen molar-refractivity contribution in [1.29, 1.82) is 0 Å². The average Bonchev–Trinajstić information content (AvgIpc) is 2.39. The fraction of sp³-hybridized carbons (Fsp3) is 0.600. The smallest absolute Gasteiger partial charge is 0.326 e.